The molecular formula is C28H29F4N5O5S. The van der Waals surface area contributed by atoms with Crippen molar-refractivity contribution in [2.24, 2.45) is 0 Å². The van der Waals surface area contributed by atoms with Gasteiger partial charge in [-0.2, -0.15) is 4.31 Å². The summed E-state index contributed by atoms with van der Waals surface area (Å²) in [5, 5.41) is 17.2. The molecule has 3 atom stereocenters. The van der Waals surface area contributed by atoms with Gasteiger partial charge in [0.05, 0.1) is 24.3 Å². The van der Waals surface area contributed by atoms with Crippen LogP contribution in [-0.2, 0) is 21.2 Å². The maximum absolute atomic E-state index is 15.0. The van der Waals surface area contributed by atoms with Crippen LogP contribution in [-0.4, -0.2) is 72.8 Å². The molecule has 15 heteroatoms. The normalized spacial score (nSPS) is 17.2. The van der Waals surface area contributed by atoms with Gasteiger partial charge in [-0.1, -0.05) is 12.1 Å². The van der Waals surface area contributed by atoms with Gasteiger partial charge in [-0.25, -0.2) is 30.8 Å². The van der Waals surface area contributed by atoms with E-state index >= 15 is 4.39 Å². The van der Waals surface area contributed by atoms with Crippen molar-refractivity contribution in [3.8, 4) is 0 Å². The van der Waals surface area contributed by atoms with Crippen LogP contribution in [0, 0.1) is 23.3 Å². The van der Waals surface area contributed by atoms with Gasteiger partial charge < -0.3 is 21.1 Å². The number of sulfonamides is 1. The Morgan fingerprint density at radius 1 is 1.05 bits per heavy atom. The maximum atomic E-state index is 15.0. The Morgan fingerprint density at radius 3 is 2.35 bits per heavy atom. The van der Waals surface area contributed by atoms with Gasteiger partial charge in [-0.15, -0.1) is 0 Å². The highest BCUT2D eigenvalue weighted by Gasteiger charge is 2.34. The number of pyridine rings is 1. The number of nitrogens with one attached hydrogen (secondary N) is 3. The highest BCUT2D eigenvalue weighted by atomic mass is 32.2. The lowest BCUT2D eigenvalue weighted by molar-refractivity contribution is -0.118. The largest absolute Gasteiger partial charge is 0.465 e. The van der Waals surface area contributed by atoms with Gasteiger partial charge in [-0.3, -0.25) is 9.78 Å². The van der Waals surface area contributed by atoms with Gasteiger partial charge in [-0.05, 0) is 48.2 Å². The molecule has 0 saturated carbocycles. The molecule has 1 aliphatic rings. The molecule has 43 heavy (non-hydrogen) atoms. The Bertz CT molecular complexity index is 1570. The number of amides is 2. The van der Waals surface area contributed by atoms with Crippen molar-refractivity contribution in [2.45, 2.75) is 30.8 Å². The first-order valence-electron chi connectivity index (χ1n) is 13.1. The zero-order valence-corrected chi connectivity index (χ0v) is 23.7. The van der Waals surface area contributed by atoms with Crippen LogP contribution in [0.3, 0.4) is 0 Å². The predicted molar refractivity (Wildman–Crippen MR) is 149 cm³/mol. The third-order valence-corrected chi connectivity index (χ3v) is 8.41. The van der Waals surface area contributed by atoms with Crippen molar-refractivity contribution in [1.29, 1.82) is 0 Å². The molecule has 230 valence electrons. The van der Waals surface area contributed by atoms with Crippen LogP contribution in [0.15, 0.2) is 54.9 Å². The number of carboxylic acid groups (broad SMARTS) is 1. The van der Waals surface area contributed by atoms with Crippen molar-refractivity contribution < 1.29 is 40.7 Å². The summed E-state index contributed by atoms with van der Waals surface area (Å²) in [6, 6.07) is 4.79. The first kappa shape index (κ1) is 31.8. The quantitative estimate of drug-likeness (QED) is 0.254. The van der Waals surface area contributed by atoms with E-state index in [1.807, 2.05) is 0 Å². The number of piperazine rings is 1. The third kappa shape index (κ3) is 8.06. The summed E-state index contributed by atoms with van der Waals surface area (Å²) >= 11 is 0. The first-order valence-corrected chi connectivity index (χ1v) is 15.0. The van der Waals surface area contributed by atoms with Crippen molar-refractivity contribution in [2.75, 3.05) is 31.2 Å². The van der Waals surface area contributed by atoms with E-state index in [2.05, 4.69) is 20.9 Å². The second-order valence-electron chi connectivity index (χ2n) is 10.1. The summed E-state index contributed by atoms with van der Waals surface area (Å²) in [4.78, 5) is 29.3. The maximum Gasteiger partial charge on any atom is 0.405 e. The van der Waals surface area contributed by atoms with Crippen LogP contribution in [0.5, 0.6) is 0 Å². The molecule has 1 fully saturated rings. The summed E-state index contributed by atoms with van der Waals surface area (Å²) in [5.74, 6) is -5.78. The molecule has 0 radical (unpaired) electrons. The SMILES string of the molecule is CS(=O)(=O)N1CCNCC1CCc1c(F)cncc1NC(=O)[C@@H](NC(=O)O)[C@@H](c1ccc(F)cc1)c1cc(F)cc(F)c1. The van der Waals surface area contributed by atoms with Crippen LogP contribution in [0.4, 0.5) is 28.0 Å². The standard InChI is InChI=1S/C28H29F4N5O5S/c1-43(41,42)37-9-8-33-13-21(37)6-7-22-23(32)14-34-15-24(22)35-27(38)26(36-28(39)40)25(16-2-4-18(29)5-3-16)17-10-19(30)12-20(31)11-17/h2-5,10-12,14-15,21,25-26,33,36H,6-9,13H2,1H3,(H,35,38)(H,39,40)/t21?,25-,26-/m0/s1. The predicted octanol–water partition coefficient (Wildman–Crippen LogP) is 3.21. The fourth-order valence-electron chi connectivity index (χ4n) is 5.21. The minimum Gasteiger partial charge on any atom is -0.465 e. The van der Waals surface area contributed by atoms with Crippen LogP contribution in [0.25, 0.3) is 0 Å². The zero-order valence-electron chi connectivity index (χ0n) is 22.9. The zero-order chi connectivity index (χ0) is 31.3. The lowest BCUT2D eigenvalue weighted by Crippen LogP contribution is -2.53. The monoisotopic (exact) mass is 623 g/mol. The number of rotatable bonds is 10. The van der Waals surface area contributed by atoms with E-state index in [1.165, 1.54) is 16.4 Å². The second kappa shape index (κ2) is 13.5. The minimum absolute atomic E-state index is 0.00779. The van der Waals surface area contributed by atoms with Crippen molar-refractivity contribution in [1.82, 2.24) is 19.9 Å². The highest BCUT2D eigenvalue weighted by Crippen LogP contribution is 2.31. The molecular weight excluding hydrogens is 594 g/mol. The summed E-state index contributed by atoms with van der Waals surface area (Å²) in [6.45, 7) is 1.02. The molecule has 2 amide bonds. The molecule has 2 heterocycles. The Labute approximate surface area is 245 Å². The van der Waals surface area contributed by atoms with Crippen LogP contribution in [0.2, 0.25) is 0 Å². The topological polar surface area (TPSA) is 141 Å². The number of hydrogen-bond acceptors (Lipinski definition) is 6. The van der Waals surface area contributed by atoms with E-state index in [1.54, 1.807) is 0 Å². The fourth-order valence-corrected chi connectivity index (χ4v) is 6.35. The molecule has 1 unspecified atom stereocenters. The summed E-state index contributed by atoms with van der Waals surface area (Å²) in [5.41, 5.74) is -0.0865. The Kier molecular flexibility index (Phi) is 9.98. The van der Waals surface area contributed by atoms with E-state index in [-0.39, 0.29) is 41.8 Å². The molecule has 2 aromatic carbocycles. The average molecular weight is 624 g/mol. The van der Waals surface area contributed by atoms with Gasteiger partial charge in [0.25, 0.3) is 0 Å². The number of carbonyl (C=O) groups excluding carboxylic acids is 1. The number of carbonyl (C=O) groups is 2. The molecule has 1 saturated heterocycles. The number of hydrogen-bond donors (Lipinski definition) is 4. The average Bonchev–Trinajstić information content (AvgIpc) is 2.92. The molecule has 0 aliphatic carbocycles. The Hall–Kier alpha value is -4.08. The van der Waals surface area contributed by atoms with E-state index in [0.29, 0.717) is 19.2 Å². The van der Waals surface area contributed by atoms with Crippen LogP contribution >= 0.6 is 0 Å². The second-order valence-corrected chi connectivity index (χ2v) is 12.0. The molecule has 0 spiro atoms. The Balaban J connectivity index is 1.68. The van der Waals surface area contributed by atoms with E-state index < -0.39 is 63.3 Å². The molecule has 3 aromatic rings. The molecule has 1 aliphatic heterocycles. The Morgan fingerprint density at radius 2 is 1.72 bits per heavy atom. The van der Waals surface area contributed by atoms with Gasteiger partial charge >= 0.3 is 6.09 Å². The van der Waals surface area contributed by atoms with E-state index in [0.717, 1.165) is 42.9 Å². The third-order valence-electron chi connectivity index (χ3n) is 7.08. The van der Waals surface area contributed by atoms with Gasteiger partial charge in [0, 0.05) is 43.2 Å². The van der Waals surface area contributed by atoms with E-state index in [4.69, 9.17) is 0 Å². The van der Waals surface area contributed by atoms with Crippen LogP contribution < -0.4 is 16.0 Å². The number of benzene rings is 2. The summed E-state index contributed by atoms with van der Waals surface area (Å²) in [6.07, 6.45) is 1.67. The fraction of sp³-hybridized carbons (Fsp3) is 0.321. The van der Waals surface area contributed by atoms with Gasteiger partial charge in [0.15, 0.2) is 0 Å². The summed E-state index contributed by atoms with van der Waals surface area (Å²) < 4.78 is 83.0. The lowest BCUT2D eigenvalue weighted by atomic mass is 9.84. The van der Waals surface area contributed by atoms with Gasteiger partial charge in [0.1, 0.15) is 29.3 Å². The lowest BCUT2D eigenvalue weighted by Gasteiger charge is -2.34. The molecule has 1 aromatic heterocycles. The van der Waals surface area contributed by atoms with E-state index in [9.17, 15) is 36.3 Å². The smallest absolute Gasteiger partial charge is 0.405 e. The number of aromatic nitrogens is 1. The highest BCUT2D eigenvalue weighted by molar-refractivity contribution is 7.88. The molecule has 0 bridgehead atoms. The van der Waals surface area contributed by atoms with Crippen molar-refractivity contribution in [3.05, 3.63) is 94.8 Å². The number of nitrogens with zero attached hydrogens (tertiary/aromatic N) is 2. The summed E-state index contributed by atoms with van der Waals surface area (Å²) in [7, 11) is -3.54. The number of halogens is 4. The minimum atomic E-state index is -3.54. The van der Waals surface area contributed by atoms with Crippen molar-refractivity contribution >= 4 is 27.7 Å². The van der Waals surface area contributed by atoms with Gasteiger partial charge in [0.2, 0.25) is 15.9 Å². The van der Waals surface area contributed by atoms with Crippen LogP contribution in [0.1, 0.15) is 29.0 Å². The molecule has 10 nitrogen and oxygen atoms in total. The first-order chi connectivity index (χ1) is 20.3. The van der Waals surface area contributed by atoms with Crippen molar-refractivity contribution in [3.63, 3.8) is 0 Å². The molecule has 4 N–H and O–H groups in total. The number of anilines is 1. The molecule has 4 rings (SSSR count).